The fourth-order valence-electron chi connectivity index (χ4n) is 0.121. The summed E-state index contributed by atoms with van der Waals surface area (Å²) in [7, 11) is 4.40. The maximum Gasteiger partial charge on any atom is 0.144 e. The molecule has 6 heteroatoms. The molecule has 52 valence electrons. The van der Waals surface area contributed by atoms with E-state index in [0.29, 0.717) is 8.64 Å². The second-order valence-electron chi connectivity index (χ2n) is 1.02. The Labute approximate surface area is 72.7 Å². The molecule has 0 radical (unpaired) electrons. The molecule has 0 aromatic rings. The summed E-state index contributed by atoms with van der Waals surface area (Å²) in [4.78, 5) is 0. The Morgan fingerprint density at radius 3 is 2.33 bits per heavy atom. The molecule has 2 nitrogen and oxygen atoms in total. The third-order valence-corrected chi connectivity index (χ3v) is 3.63. The van der Waals surface area contributed by atoms with Crippen LogP contribution in [0.25, 0.3) is 0 Å². The van der Waals surface area contributed by atoms with Crippen molar-refractivity contribution >= 4 is 54.7 Å². The van der Waals surface area contributed by atoms with Crippen LogP contribution in [0.3, 0.4) is 0 Å². The van der Waals surface area contributed by atoms with E-state index in [1.54, 1.807) is 7.05 Å². The lowest BCUT2D eigenvalue weighted by Crippen LogP contribution is -2.10. The minimum Gasteiger partial charge on any atom is -0.384 e. The van der Waals surface area contributed by atoms with Crippen molar-refractivity contribution in [2.45, 2.75) is 0 Å². The molecule has 0 heterocycles. The Hall–Kier alpha value is 0.480. The summed E-state index contributed by atoms with van der Waals surface area (Å²) in [6.45, 7) is 0. The Morgan fingerprint density at radius 1 is 1.44 bits per heavy atom. The van der Waals surface area contributed by atoms with Gasteiger partial charge in [0.1, 0.15) is 8.64 Å². The van der Waals surface area contributed by atoms with Gasteiger partial charge in [0, 0.05) is 7.05 Å². The van der Waals surface area contributed by atoms with Crippen LogP contribution in [0.1, 0.15) is 0 Å². The molecule has 0 bridgehead atoms. The van der Waals surface area contributed by atoms with Crippen LogP contribution in [0, 0.1) is 0 Å². The van der Waals surface area contributed by atoms with Crippen LogP contribution in [-0.4, -0.2) is 15.7 Å². The molecular weight excluding hydrogens is 192 g/mol. The highest BCUT2D eigenvalue weighted by atomic mass is 33.1. The second kappa shape index (κ2) is 5.28. The van der Waals surface area contributed by atoms with Crippen molar-refractivity contribution in [2.24, 2.45) is 5.73 Å². The first-order valence-electron chi connectivity index (χ1n) is 2.02. The third-order valence-electron chi connectivity index (χ3n) is 0.404. The molecule has 0 aromatic carbocycles. The van der Waals surface area contributed by atoms with Gasteiger partial charge >= 0.3 is 0 Å². The van der Waals surface area contributed by atoms with Crippen LogP contribution in [0.4, 0.5) is 0 Å². The van der Waals surface area contributed by atoms with Gasteiger partial charge in [-0.05, 0) is 21.6 Å². The van der Waals surface area contributed by atoms with Gasteiger partial charge in [-0.2, -0.15) is 0 Å². The minimum atomic E-state index is 0.401. The van der Waals surface area contributed by atoms with E-state index in [1.165, 1.54) is 21.6 Å². The van der Waals surface area contributed by atoms with Gasteiger partial charge in [0.2, 0.25) is 0 Å². The quantitative estimate of drug-likeness (QED) is 0.449. The molecule has 3 N–H and O–H groups in total. The summed E-state index contributed by atoms with van der Waals surface area (Å²) in [6, 6.07) is 0. The summed E-state index contributed by atoms with van der Waals surface area (Å²) in [5.74, 6) is 0. The number of hydrogen-bond acceptors (Lipinski definition) is 4. The van der Waals surface area contributed by atoms with Crippen LogP contribution in [0.15, 0.2) is 0 Å². The van der Waals surface area contributed by atoms with Crippen LogP contribution >= 0.6 is 46.0 Å². The van der Waals surface area contributed by atoms with Gasteiger partial charge in [0.05, 0.1) is 0 Å². The molecule has 0 amide bonds. The van der Waals surface area contributed by atoms with E-state index in [4.69, 9.17) is 18.0 Å². The van der Waals surface area contributed by atoms with E-state index in [0.717, 1.165) is 0 Å². The van der Waals surface area contributed by atoms with E-state index < -0.39 is 0 Å². The fourth-order valence-corrected chi connectivity index (χ4v) is 1.70. The molecule has 0 unspecified atom stereocenters. The van der Waals surface area contributed by atoms with E-state index in [9.17, 15) is 0 Å². The number of hydrogen-bond donors (Lipinski definition) is 2. The molecular formula is C3H6N2S4. The van der Waals surface area contributed by atoms with E-state index in [2.05, 4.69) is 17.5 Å². The van der Waals surface area contributed by atoms with Gasteiger partial charge in [-0.15, -0.1) is 0 Å². The normalized spacial score (nSPS) is 8.56. The minimum absolute atomic E-state index is 0.401. The molecule has 0 spiro atoms. The maximum atomic E-state index is 5.18. The fraction of sp³-hybridized carbons (Fsp3) is 0.333. The standard InChI is InChI=1S/C3H6N2S4/c1-5-3(7)9-8-2(4)6/h1H3,(H2,4,6)(H,5,7). The molecule has 0 aliphatic carbocycles. The monoisotopic (exact) mass is 198 g/mol. The van der Waals surface area contributed by atoms with Crippen LogP contribution < -0.4 is 11.1 Å². The smallest absolute Gasteiger partial charge is 0.144 e. The average molecular weight is 198 g/mol. The zero-order chi connectivity index (χ0) is 7.28. The molecule has 0 rings (SSSR count). The van der Waals surface area contributed by atoms with Crippen molar-refractivity contribution in [1.29, 1.82) is 0 Å². The highest BCUT2D eigenvalue weighted by molar-refractivity contribution is 8.89. The third kappa shape index (κ3) is 6.36. The largest absolute Gasteiger partial charge is 0.384 e. The number of nitrogens with two attached hydrogens (primary N) is 1. The first-order valence-corrected chi connectivity index (χ1v) is 4.99. The lowest BCUT2D eigenvalue weighted by Gasteiger charge is -1.97. The van der Waals surface area contributed by atoms with Gasteiger partial charge in [-0.3, -0.25) is 0 Å². The molecule has 0 fully saturated rings. The van der Waals surface area contributed by atoms with Crippen molar-refractivity contribution in [3.8, 4) is 0 Å². The number of rotatable bonds is 0. The van der Waals surface area contributed by atoms with Crippen molar-refractivity contribution in [3.05, 3.63) is 0 Å². The molecule has 0 aliphatic rings. The summed E-state index contributed by atoms with van der Waals surface area (Å²) in [6.07, 6.45) is 0. The van der Waals surface area contributed by atoms with Crippen molar-refractivity contribution in [1.82, 2.24) is 5.32 Å². The Kier molecular flexibility index (Phi) is 5.56. The number of nitrogens with one attached hydrogen (secondary N) is 1. The molecule has 0 aliphatic heterocycles. The first kappa shape index (κ1) is 9.48. The Bertz CT molecular complexity index is 123. The summed E-state index contributed by atoms with van der Waals surface area (Å²) in [5.41, 5.74) is 5.18. The first-order chi connectivity index (χ1) is 4.16. The van der Waals surface area contributed by atoms with Crippen LogP contribution in [0.2, 0.25) is 0 Å². The highest BCUT2D eigenvalue weighted by Gasteiger charge is 1.94. The maximum absolute atomic E-state index is 5.18. The molecule has 0 atom stereocenters. The van der Waals surface area contributed by atoms with Gasteiger partial charge < -0.3 is 11.1 Å². The molecule has 0 aromatic heterocycles. The lowest BCUT2D eigenvalue weighted by molar-refractivity contribution is 1.23. The summed E-state index contributed by atoms with van der Waals surface area (Å²) >= 11 is 9.38. The Balaban J connectivity index is 3.28. The SMILES string of the molecule is CNC(=S)SSC(N)=S. The zero-order valence-electron chi connectivity index (χ0n) is 4.71. The summed E-state index contributed by atoms with van der Waals surface area (Å²) in [5, 5.41) is 2.78. The van der Waals surface area contributed by atoms with E-state index in [-0.39, 0.29) is 0 Å². The van der Waals surface area contributed by atoms with Crippen molar-refractivity contribution < 1.29 is 0 Å². The van der Waals surface area contributed by atoms with Gasteiger partial charge in [-0.1, -0.05) is 24.4 Å². The average Bonchev–Trinajstić information content (AvgIpc) is 1.83. The highest BCUT2D eigenvalue weighted by Crippen LogP contribution is 2.21. The topological polar surface area (TPSA) is 38.0 Å². The van der Waals surface area contributed by atoms with Crippen LogP contribution in [0.5, 0.6) is 0 Å². The van der Waals surface area contributed by atoms with E-state index >= 15 is 0 Å². The number of thiocarbonyl (C=S) groups is 2. The van der Waals surface area contributed by atoms with Gasteiger partial charge in [0.25, 0.3) is 0 Å². The molecule has 9 heavy (non-hydrogen) atoms. The van der Waals surface area contributed by atoms with Crippen molar-refractivity contribution in [3.63, 3.8) is 0 Å². The lowest BCUT2D eigenvalue weighted by atomic mass is 11.2. The second-order valence-corrected chi connectivity index (χ2v) is 4.57. The van der Waals surface area contributed by atoms with Gasteiger partial charge in [-0.25, -0.2) is 0 Å². The summed E-state index contributed by atoms with van der Waals surface area (Å²) < 4.78 is 1.09. The predicted octanol–water partition coefficient (Wildman–Crippen LogP) is 1.12. The Morgan fingerprint density at radius 2 is 2.00 bits per heavy atom. The van der Waals surface area contributed by atoms with E-state index in [1.807, 2.05) is 0 Å². The molecule has 0 saturated carbocycles. The van der Waals surface area contributed by atoms with Crippen LogP contribution in [-0.2, 0) is 0 Å². The predicted molar refractivity (Wildman–Crippen MR) is 53.6 cm³/mol. The zero-order valence-corrected chi connectivity index (χ0v) is 7.98. The van der Waals surface area contributed by atoms with Gasteiger partial charge in [0.15, 0.2) is 0 Å². The van der Waals surface area contributed by atoms with Crippen molar-refractivity contribution in [2.75, 3.05) is 7.05 Å². The molecule has 0 saturated heterocycles.